The SMILES string of the molecule is CCC[C@H](O)[C@H](N)c1ccccc1I. The summed E-state index contributed by atoms with van der Waals surface area (Å²) in [4.78, 5) is 0. The van der Waals surface area contributed by atoms with Crippen LogP contribution in [0.3, 0.4) is 0 Å². The highest BCUT2D eigenvalue weighted by molar-refractivity contribution is 14.1. The van der Waals surface area contributed by atoms with Crippen molar-refractivity contribution in [3.63, 3.8) is 0 Å². The number of rotatable bonds is 4. The molecule has 0 spiro atoms. The first kappa shape index (κ1) is 11.9. The van der Waals surface area contributed by atoms with E-state index in [1.54, 1.807) is 0 Å². The van der Waals surface area contributed by atoms with Gasteiger partial charge in [-0.1, -0.05) is 31.5 Å². The molecule has 0 aliphatic carbocycles. The summed E-state index contributed by atoms with van der Waals surface area (Å²) in [5.41, 5.74) is 7.01. The molecule has 3 N–H and O–H groups in total. The van der Waals surface area contributed by atoms with Crippen molar-refractivity contribution in [1.82, 2.24) is 0 Å². The van der Waals surface area contributed by atoms with E-state index in [-0.39, 0.29) is 6.04 Å². The van der Waals surface area contributed by atoms with Gasteiger partial charge < -0.3 is 10.8 Å². The third kappa shape index (κ3) is 2.93. The van der Waals surface area contributed by atoms with Gasteiger partial charge in [0.05, 0.1) is 12.1 Å². The zero-order chi connectivity index (χ0) is 10.6. The summed E-state index contributed by atoms with van der Waals surface area (Å²) in [7, 11) is 0. The summed E-state index contributed by atoms with van der Waals surface area (Å²) in [6, 6.07) is 7.66. The van der Waals surface area contributed by atoms with Gasteiger partial charge >= 0.3 is 0 Å². The Morgan fingerprint density at radius 2 is 2.07 bits per heavy atom. The Balaban J connectivity index is 2.78. The second-order valence-corrected chi connectivity index (χ2v) is 4.57. The van der Waals surface area contributed by atoms with E-state index in [0.717, 1.165) is 22.0 Å². The number of aliphatic hydroxyl groups is 1. The molecule has 0 radical (unpaired) electrons. The zero-order valence-corrected chi connectivity index (χ0v) is 10.4. The molecule has 1 aromatic rings. The third-order valence-corrected chi connectivity index (χ3v) is 3.25. The molecule has 0 aliphatic rings. The molecule has 0 unspecified atom stereocenters. The van der Waals surface area contributed by atoms with Gasteiger partial charge in [0.15, 0.2) is 0 Å². The van der Waals surface area contributed by atoms with Crippen molar-refractivity contribution in [2.75, 3.05) is 0 Å². The summed E-state index contributed by atoms with van der Waals surface area (Å²) >= 11 is 2.25. The largest absolute Gasteiger partial charge is 0.391 e. The normalized spacial score (nSPS) is 15.1. The van der Waals surface area contributed by atoms with E-state index in [4.69, 9.17) is 5.73 Å². The molecule has 0 amide bonds. The number of benzene rings is 1. The number of nitrogens with two attached hydrogens (primary N) is 1. The van der Waals surface area contributed by atoms with Crippen LogP contribution >= 0.6 is 22.6 Å². The molecule has 2 atom stereocenters. The second-order valence-electron chi connectivity index (χ2n) is 3.40. The van der Waals surface area contributed by atoms with Crippen LogP contribution in [0.25, 0.3) is 0 Å². The molecule has 3 heteroatoms. The molecule has 0 heterocycles. The minimum Gasteiger partial charge on any atom is -0.391 e. The first-order valence-electron chi connectivity index (χ1n) is 4.85. The van der Waals surface area contributed by atoms with Gasteiger partial charge in [-0.3, -0.25) is 0 Å². The van der Waals surface area contributed by atoms with Gasteiger partial charge in [-0.2, -0.15) is 0 Å². The van der Waals surface area contributed by atoms with Crippen LogP contribution in [0.2, 0.25) is 0 Å². The fourth-order valence-corrected chi connectivity index (χ4v) is 2.17. The summed E-state index contributed by atoms with van der Waals surface area (Å²) in [6.45, 7) is 2.05. The van der Waals surface area contributed by atoms with Crippen molar-refractivity contribution in [1.29, 1.82) is 0 Å². The van der Waals surface area contributed by atoms with Gasteiger partial charge in [0.2, 0.25) is 0 Å². The number of hydrogen-bond donors (Lipinski definition) is 2. The highest BCUT2D eigenvalue weighted by Crippen LogP contribution is 2.22. The van der Waals surface area contributed by atoms with Crippen LogP contribution in [-0.4, -0.2) is 11.2 Å². The van der Waals surface area contributed by atoms with Crippen LogP contribution < -0.4 is 5.73 Å². The van der Waals surface area contributed by atoms with Crippen LogP contribution in [0.1, 0.15) is 31.4 Å². The van der Waals surface area contributed by atoms with E-state index in [0.29, 0.717) is 0 Å². The Morgan fingerprint density at radius 3 is 2.64 bits per heavy atom. The fraction of sp³-hybridized carbons (Fsp3) is 0.455. The van der Waals surface area contributed by atoms with Crippen molar-refractivity contribution in [2.45, 2.75) is 31.9 Å². The Labute approximate surface area is 98.7 Å². The number of hydrogen-bond acceptors (Lipinski definition) is 2. The van der Waals surface area contributed by atoms with Crippen molar-refractivity contribution >= 4 is 22.6 Å². The minimum atomic E-state index is -0.434. The third-order valence-electron chi connectivity index (χ3n) is 2.26. The van der Waals surface area contributed by atoms with Gasteiger partial charge in [-0.15, -0.1) is 0 Å². The van der Waals surface area contributed by atoms with E-state index in [9.17, 15) is 5.11 Å². The Hall–Kier alpha value is -0.130. The molecule has 78 valence electrons. The molecule has 1 aromatic carbocycles. The molecular weight excluding hydrogens is 289 g/mol. The lowest BCUT2D eigenvalue weighted by Crippen LogP contribution is -2.26. The van der Waals surface area contributed by atoms with Crippen LogP contribution in [0.4, 0.5) is 0 Å². The van der Waals surface area contributed by atoms with Crippen molar-refractivity contribution in [2.24, 2.45) is 5.73 Å². The average Bonchev–Trinajstić information content (AvgIpc) is 2.18. The maximum atomic E-state index is 9.77. The first-order chi connectivity index (χ1) is 6.66. The van der Waals surface area contributed by atoms with Gasteiger partial charge in [-0.05, 0) is 40.6 Å². The molecule has 1 rings (SSSR count). The predicted molar refractivity (Wildman–Crippen MR) is 67.0 cm³/mol. The van der Waals surface area contributed by atoms with Crippen LogP contribution in [-0.2, 0) is 0 Å². The summed E-state index contributed by atoms with van der Waals surface area (Å²) in [6.07, 6.45) is 1.28. The molecular formula is C11H16INO. The molecule has 0 saturated heterocycles. The Morgan fingerprint density at radius 1 is 1.43 bits per heavy atom. The fourth-order valence-electron chi connectivity index (χ4n) is 1.43. The highest BCUT2D eigenvalue weighted by atomic mass is 127. The van der Waals surface area contributed by atoms with Gasteiger partial charge in [0.1, 0.15) is 0 Å². The Kier molecular flexibility index (Phi) is 4.84. The lowest BCUT2D eigenvalue weighted by Gasteiger charge is -2.19. The van der Waals surface area contributed by atoms with E-state index in [1.165, 1.54) is 0 Å². The summed E-state index contributed by atoms with van der Waals surface area (Å²) < 4.78 is 1.12. The quantitative estimate of drug-likeness (QED) is 0.839. The van der Waals surface area contributed by atoms with Crippen molar-refractivity contribution in [3.05, 3.63) is 33.4 Å². The molecule has 0 fully saturated rings. The van der Waals surface area contributed by atoms with Crippen LogP contribution in [0, 0.1) is 3.57 Å². The standard InChI is InChI=1S/C11H16INO/c1-2-5-10(14)11(13)8-6-3-4-7-9(8)12/h3-4,6-7,10-11,14H,2,5,13H2,1H3/t10-,11+/m0/s1. The van der Waals surface area contributed by atoms with E-state index in [2.05, 4.69) is 22.6 Å². The maximum absolute atomic E-state index is 9.77. The smallest absolute Gasteiger partial charge is 0.0733 e. The van der Waals surface area contributed by atoms with Gasteiger partial charge in [0.25, 0.3) is 0 Å². The molecule has 0 aromatic heterocycles. The van der Waals surface area contributed by atoms with Crippen molar-refractivity contribution in [3.8, 4) is 0 Å². The molecule has 2 nitrogen and oxygen atoms in total. The van der Waals surface area contributed by atoms with Crippen LogP contribution in [0.15, 0.2) is 24.3 Å². The Bertz CT molecular complexity index is 290. The lowest BCUT2D eigenvalue weighted by atomic mass is 9.99. The summed E-state index contributed by atoms with van der Waals surface area (Å²) in [5, 5.41) is 9.77. The molecule has 0 aliphatic heterocycles. The van der Waals surface area contributed by atoms with E-state index >= 15 is 0 Å². The lowest BCUT2D eigenvalue weighted by molar-refractivity contribution is 0.134. The topological polar surface area (TPSA) is 46.2 Å². The van der Waals surface area contributed by atoms with E-state index < -0.39 is 6.10 Å². The van der Waals surface area contributed by atoms with E-state index in [1.807, 2.05) is 31.2 Å². The zero-order valence-electron chi connectivity index (χ0n) is 8.28. The van der Waals surface area contributed by atoms with Gasteiger partial charge in [-0.25, -0.2) is 0 Å². The predicted octanol–water partition coefficient (Wildman–Crippen LogP) is 2.45. The maximum Gasteiger partial charge on any atom is 0.0733 e. The first-order valence-corrected chi connectivity index (χ1v) is 5.92. The number of aliphatic hydroxyl groups excluding tert-OH is 1. The van der Waals surface area contributed by atoms with Crippen LogP contribution in [0.5, 0.6) is 0 Å². The summed E-state index contributed by atoms with van der Waals surface area (Å²) in [5.74, 6) is 0. The highest BCUT2D eigenvalue weighted by Gasteiger charge is 2.17. The average molecular weight is 305 g/mol. The van der Waals surface area contributed by atoms with Gasteiger partial charge in [0, 0.05) is 3.57 Å². The minimum absolute atomic E-state index is 0.261. The monoisotopic (exact) mass is 305 g/mol. The molecule has 0 bridgehead atoms. The molecule has 0 saturated carbocycles. The number of halogens is 1. The van der Waals surface area contributed by atoms with Crippen molar-refractivity contribution < 1.29 is 5.11 Å². The second kappa shape index (κ2) is 5.68. The molecule has 14 heavy (non-hydrogen) atoms.